The molecule has 3 aliphatic rings. The number of nitrogens with one attached hydrogen (secondary N) is 2. The predicted octanol–water partition coefficient (Wildman–Crippen LogP) is 12.1. The van der Waals surface area contributed by atoms with Gasteiger partial charge in [-0.1, -0.05) is 42.8 Å². The molecule has 0 aliphatic carbocycles. The van der Waals surface area contributed by atoms with E-state index in [1.807, 2.05) is 47.9 Å². The second-order valence-electron chi connectivity index (χ2n) is 21.8. The van der Waals surface area contributed by atoms with Gasteiger partial charge in [0.15, 0.2) is 6.29 Å². The van der Waals surface area contributed by atoms with Crippen molar-refractivity contribution in [3.8, 4) is 0 Å². The molecule has 3 saturated heterocycles. The van der Waals surface area contributed by atoms with E-state index in [0.717, 1.165) is 36.5 Å². The van der Waals surface area contributed by atoms with Gasteiger partial charge in [0.2, 0.25) is 11.8 Å². The average molecular weight is 1140 g/mol. The molecule has 3 fully saturated rings. The minimum Gasteiger partial charge on any atom is -0.350 e. The molecular weight excluding hydrogens is 1070 g/mol. The number of alkyl halides is 6. The number of piperidine rings is 1. The minimum absolute atomic E-state index is 0.0370. The van der Waals surface area contributed by atoms with Crippen molar-refractivity contribution in [2.45, 2.75) is 128 Å². The molecule has 2 N–H and O–H groups in total. The van der Waals surface area contributed by atoms with Crippen molar-refractivity contribution >= 4 is 23.4 Å². The van der Waals surface area contributed by atoms with E-state index in [0.29, 0.717) is 78.9 Å². The molecule has 3 aliphatic heterocycles. The van der Waals surface area contributed by atoms with Crippen LogP contribution in [0.25, 0.3) is 0 Å². The fourth-order valence-corrected chi connectivity index (χ4v) is 10.9. The Balaban J connectivity index is 0.000000229. The van der Waals surface area contributed by atoms with Crippen LogP contribution in [0.4, 0.5) is 39.5 Å². The van der Waals surface area contributed by atoms with Gasteiger partial charge in [-0.3, -0.25) is 19.4 Å². The van der Waals surface area contributed by atoms with E-state index in [9.17, 15) is 49.1 Å². The highest BCUT2D eigenvalue weighted by Crippen LogP contribution is 2.43. The smallest absolute Gasteiger partial charge is 0.350 e. The van der Waals surface area contributed by atoms with Gasteiger partial charge in [-0.15, -0.1) is 0 Å². The number of hydrogen-bond acceptors (Lipinski definition) is 9. The zero-order valence-electron chi connectivity index (χ0n) is 45.4. The number of carbonyl (C=O) groups excluding carboxylic acids is 2. The Kier molecular flexibility index (Phi) is 19.7. The van der Waals surface area contributed by atoms with Crippen LogP contribution in [0.1, 0.15) is 141 Å². The molecule has 12 nitrogen and oxygen atoms in total. The average Bonchev–Trinajstić information content (AvgIpc) is 4.13. The van der Waals surface area contributed by atoms with Gasteiger partial charge in [-0.2, -0.15) is 41.8 Å². The normalized spacial score (nSPS) is 20.7. The third-order valence-electron chi connectivity index (χ3n) is 14.9. The van der Waals surface area contributed by atoms with Crippen molar-refractivity contribution in [1.82, 2.24) is 40.3 Å². The molecule has 79 heavy (non-hydrogen) atoms. The molecule has 4 aromatic carbocycles. The number of H-pyrrole nitrogens is 1. The first kappa shape index (κ1) is 61.0. The summed E-state index contributed by atoms with van der Waals surface area (Å²) in [5, 5.41) is 14.7. The number of amides is 2. The quantitative estimate of drug-likeness (QED) is 0.105. The van der Waals surface area contributed by atoms with Crippen molar-refractivity contribution in [1.29, 1.82) is 0 Å². The summed E-state index contributed by atoms with van der Waals surface area (Å²) in [5.74, 6) is -2.21. The second-order valence-corrected chi connectivity index (χ2v) is 22.2. The van der Waals surface area contributed by atoms with Gasteiger partial charge >= 0.3 is 12.4 Å². The fourth-order valence-electron chi connectivity index (χ4n) is 10.7. The molecule has 0 unspecified atom stereocenters. The van der Waals surface area contributed by atoms with Gasteiger partial charge in [0.1, 0.15) is 28.8 Å². The lowest BCUT2D eigenvalue weighted by Gasteiger charge is -2.42. The van der Waals surface area contributed by atoms with Gasteiger partial charge in [0, 0.05) is 75.3 Å². The van der Waals surface area contributed by atoms with E-state index < -0.39 is 65.3 Å². The number of aromatic amines is 1. The SMILES string of the molecule is CC[C@H](NC(C)=O)c1cc(Cl)ccc1C1CCN(C(=O)[C@@H]2CN(C(C)(C)C)C[C@H]2c2ccc(F)cc2F)CC1.C[C@@H](O[C@H]1OCCN(Cc2n[nH]nc2CN(C)C)[C@H]1c1ccc(F)cc1)c1cc(C(F)(F)F)cc(C(F)(F)F)c1. The highest BCUT2D eigenvalue weighted by atomic mass is 35.5. The van der Waals surface area contributed by atoms with Crippen LogP contribution in [-0.4, -0.2) is 112 Å². The summed E-state index contributed by atoms with van der Waals surface area (Å²) >= 11 is 6.34. The van der Waals surface area contributed by atoms with Gasteiger partial charge in [0.25, 0.3) is 0 Å². The third-order valence-corrected chi connectivity index (χ3v) is 15.1. The molecule has 0 bridgehead atoms. The van der Waals surface area contributed by atoms with Gasteiger partial charge in [0.05, 0.1) is 41.8 Å². The van der Waals surface area contributed by atoms with Gasteiger partial charge in [-0.05, 0) is 143 Å². The van der Waals surface area contributed by atoms with Crippen LogP contribution in [0.3, 0.4) is 0 Å². The summed E-state index contributed by atoms with van der Waals surface area (Å²) < 4.78 is 135. The molecule has 2 amide bonds. The van der Waals surface area contributed by atoms with Crippen molar-refractivity contribution in [2.24, 2.45) is 5.92 Å². The Labute approximate surface area is 459 Å². The number of aromatic nitrogens is 3. The molecule has 0 spiro atoms. The minimum atomic E-state index is -4.99. The Morgan fingerprint density at radius 2 is 1.46 bits per heavy atom. The largest absolute Gasteiger partial charge is 0.416 e. The Bertz CT molecular complexity index is 2840. The number of hydrogen-bond donors (Lipinski definition) is 2. The van der Waals surface area contributed by atoms with E-state index in [2.05, 4.69) is 52.5 Å². The molecule has 8 rings (SSSR count). The standard InChI is InChI=1S/C31H40ClF2N3O2.C26H28F7N5O2/c1-6-29(35-19(2)38)25-15-21(32)7-9-23(25)20-11-13-36(14-12-20)30(39)27-18-37(31(3,4)5)17-26(27)24-10-8-22(33)16-28(24)34;1-15(17-10-18(25(28,29)30)12-19(11-17)26(31,32)33)40-24-23(16-4-6-20(27)7-5-16)38(8-9-39-24)14-22-21(13-37(2)3)34-36-35-22/h7-10,15-16,20,26-27,29H,6,11-14,17-18H2,1-5H3,(H,35,38);4-7,10-12,15,23-24H,8-9,13-14H2,1-3H3,(H,34,35,36)/t26-,27+,29-;15-,23+,24-/m01/s1. The van der Waals surface area contributed by atoms with E-state index in [1.165, 1.54) is 50.2 Å². The summed E-state index contributed by atoms with van der Waals surface area (Å²) in [6.45, 7) is 14.8. The number of morpholine rings is 1. The number of halogens is 10. The Morgan fingerprint density at radius 3 is 2.04 bits per heavy atom. The summed E-state index contributed by atoms with van der Waals surface area (Å²) in [4.78, 5) is 33.7. The molecule has 22 heteroatoms. The van der Waals surface area contributed by atoms with Crippen LogP contribution in [-0.2, 0) is 44.5 Å². The first-order valence-electron chi connectivity index (χ1n) is 26.3. The van der Waals surface area contributed by atoms with E-state index in [-0.39, 0.29) is 60.0 Å². The van der Waals surface area contributed by atoms with E-state index in [1.54, 1.807) is 0 Å². The predicted molar refractivity (Wildman–Crippen MR) is 280 cm³/mol. The lowest BCUT2D eigenvalue weighted by atomic mass is 9.83. The summed E-state index contributed by atoms with van der Waals surface area (Å²) in [6.07, 6.45) is -9.98. The molecule has 1 aromatic heterocycles. The Morgan fingerprint density at radius 1 is 0.835 bits per heavy atom. The maximum Gasteiger partial charge on any atom is 0.416 e. The van der Waals surface area contributed by atoms with Crippen LogP contribution in [0.15, 0.2) is 78.9 Å². The van der Waals surface area contributed by atoms with Crippen LogP contribution in [0.2, 0.25) is 5.02 Å². The monoisotopic (exact) mass is 1130 g/mol. The number of likely N-dealkylation sites (tertiary alicyclic amines) is 2. The van der Waals surface area contributed by atoms with Crippen molar-refractivity contribution in [3.63, 3.8) is 0 Å². The molecule has 5 aromatic rings. The van der Waals surface area contributed by atoms with Crippen LogP contribution in [0.5, 0.6) is 0 Å². The zero-order valence-corrected chi connectivity index (χ0v) is 46.2. The topological polar surface area (TPSA) is 119 Å². The second kappa shape index (κ2) is 25.5. The number of rotatable bonds is 14. The highest BCUT2D eigenvalue weighted by Gasteiger charge is 2.45. The summed E-state index contributed by atoms with van der Waals surface area (Å²) in [5.41, 5.74) is 1.16. The third kappa shape index (κ3) is 15.5. The number of carbonyl (C=O) groups is 2. The molecule has 0 radical (unpaired) electrons. The van der Waals surface area contributed by atoms with Crippen molar-refractivity contribution < 1.29 is 58.6 Å². The molecular formula is C57H68ClF9N8O4. The first-order chi connectivity index (χ1) is 37.1. The summed E-state index contributed by atoms with van der Waals surface area (Å²) in [7, 11) is 3.75. The van der Waals surface area contributed by atoms with E-state index in [4.69, 9.17) is 21.1 Å². The lowest BCUT2D eigenvalue weighted by molar-refractivity contribution is -0.231. The number of ether oxygens (including phenoxy) is 2. The lowest BCUT2D eigenvalue weighted by Crippen LogP contribution is -2.46. The molecule has 4 heterocycles. The van der Waals surface area contributed by atoms with Crippen molar-refractivity contribution in [2.75, 3.05) is 53.4 Å². The molecule has 6 atom stereocenters. The Hall–Kier alpha value is -5.58. The maximum atomic E-state index is 14.9. The summed E-state index contributed by atoms with van der Waals surface area (Å²) in [6, 6.07) is 15.7. The van der Waals surface area contributed by atoms with Crippen molar-refractivity contribution in [3.05, 3.63) is 152 Å². The van der Waals surface area contributed by atoms with Gasteiger partial charge < -0.3 is 24.6 Å². The van der Waals surface area contributed by atoms with Crippen LogP contribution >= 0.6 is 11.6 Å². The molecule has 0 saturated carbocycles. The highest BCUT2D eigenvalue weighted by molar-refractivity contribution is 6.30. The van der Waals surface area contributed by atoms with Crippen LogP contribution in [0, 0.1) is 23.4 Å². The van der Waals surface area contributed by atoms with Gasteiger partial charge in [-0.25, -0.2) is 13.2 Å². The van der Waals surface area contributed by atoms with Crippen LogP contribution < -0.4 is 5.32 Å². The van der Waals surface area contributed by atoms with E-state index >= 15 is 0 Å². The fraction of sp³-hybridized carbons (Fsp3) is 0.509. The maximum absolute atomic E-state index is 14.9. The molecule has 430 valence electrons. The number of nitrogens with zero attached hydrogens (tertiary/aromatic N) is 6. The number of benzene rings is 4. The first-order valence-corrected chi connectivity index (χ1v) is 26.6. The zero-order chi connectivity index (χ0) is 57.7.